The smallest absolute Gasteiger partial charge is 0.232 e. The minimum Gasteiger partial charge on any atom is -0.493 e. The van der Waals surface area contributed by atoms with Crippen molar-refractivity contribution < 1.29 is 14.3 Å². The summed E-state index contributed by atoms with van der Waals surface area (Å²) in [7, 11) is 3.26. The maximum atomic E-state index is 12.0. The highest BCUT2D eigenvalue weighted by molar-refractivity contribution is 7.99. The van der Waals surface area contributed by atoms with E-state index in [-0.39, 0.29) is 11.9 Å². The summed E-state index contributed by atoms with van der Waals surface area (Å²) in [6.45, 7) is 1.62. The molecule has 0 unspecified atom stereocenters. The molecule has 2 rings (SSSR count). The third-order valence-corrected chi connectivity index (χ3v) is 4.33. The molecule has 1 atom stereocenters. The van der Waals surface area contributed by atoms with Crippen LogP contribution in [0.3, 0.4) is 0 Å². The van der Waals surface area contributed by atoms with Gasteiger partial charge in [-0.2, -0.15) is 11.8 Å². The summed E-state index contributed by atoms with van der Waals surface area (Å²) in [6, 6.07) is 6.07. The van der Waals surface area contributed by atoms with Crippen molar-refractivity contribution >= 4 is 23.4 Å². The standard InChI is InChI=1S/C16H24N2O3S/c1-20-14-7-6-12(9-15(14)21-2)17-13-5-4-8-18(10-13)16(19)11-22-3/h6-7,9,13,17H,4-5,8,10-11H2,1-3H3/t13-/m1/s1. The number of likely N-dealkylation sites (tertiary alicyclic amines) is 1. The fraction of sp³-hybridized carbons (Fsp3) is 0.562. The number of amides is 1. The summed E-state index contributed by atoms with van der Waals surface area (Å²) in [5, 5.41) is 3.50. The minimum atomic E-state index is 0.228. The molecule has 1 aliphatic heterocycles. The molecule has 1 aromatic carbocycles. The fourth-order valence-electron chi connectivity index (χ4n) is 2.70. The van der Waals surface area contributed by atoms with Crippen molar-refractivity contribution in [2.45, 2.75) is 18.9 Å². The first-order chi connectivity index (χ1) is 10.7. The van der Waals surface area contributed by atoms with Gasteiger partial charge >= 0.3 is 0 Å². The largest absolute Gasteiger partial charge is 0.493 e. The van der Waals surface area contributed by atoms with Crippen molar-refractivity contribution in [2.75, 3.05) is 44.6 Å². The Labute approximate surface area is 136 Å². The van der Waals surface area contributed by atoms with Crippen LogP contribution in [0.1, 0.15) is 12.8 Å². The molecule has 1 saturated heterocycles. The van der Waals surface area contributed by atoms with Crippen LogP contribution in [0.5, 0.6) is 11.5 Å². The van der Waals surface area contributed by atoms with E-state index in [1.165, 1.54) is 0 Å². The lowest BCUT2D eigenvalue weighted by molar-refractivity contribution is -0.129. The highest BCUT2D eigenvalue weighted by atomic mass is 32.2. The summed E-state index contributed by atoms with van der Waals surface area (Å²) < 4.78 is 10.6. The second kappa shape index (κ2) is 8.17. The number of piperidine rings is 1. The van der Waals surface area contributed by atoms with Gasteiger partial charge in [-0.15, -0.1) is 0 Å². The molecule has 1 aliphatic rings. The molecular formula is C16H24N2O3S. The summed E-state index contributed by atoms with van der Waals surface area (Å²) in [5.74, 6) is 2.21. The Morgan fingerprint density at radius 1 is 1.36 bits per heavy atom. The van der Waals surface area contributed by atoms with Crippen LogP contribution >= 0.6 is 11.8 Å². The quantitative estimate of drug-likeness (QED) is 0.871. The van der Waals surface area contributed by atoms with E-state index in [2.05, 4.69) is 5.32 Å². The van der Waals surface area contributed by atoms with E-state index >= 15 is 0 Å². The number of nitrogens with one attached hydrogen (secondary N) is 1. The van der Waals surface area contributed by atoms with Gasteiger partial charge in [-0.25, -0.2) is 0 Å². The zero-order chi connectivity index (χ0) is 15.9. The second-order valence-corrected chi connectivity index (χ2v) is 6.19. The topological polar surface area (TPSA) is 50.8 Å². The Morgan fingerprint density at radius 3 is 2.82 bits per heavy atom. The number of carbonyl (C=O) groups is 1. The van der Waals surface area contributed by atoms with Gasteiger partial charge in [-0.05, 0) is 31.2 Å². The molecule has 22 heavy (non-hydrogen) atoms. The third kappa shape index (κ3) is 4.22. The molecular weight excluding hydrogens is 300 g/mol. The highest BCUT2D eigenvalue weighted by Gasteiger charge is 2.23. The molecule has 6 heteroatoms. The molecule has 0 radical (unpaired) electrons. The number of methoxy groups -OCH3 is 2. The second-order valence-electron chi connectivity index (χ2n) is 5.33. The van der Waals surface area contributed by atoms with Crippen molar-refractivity contribution in [3.05, 3.63) is 18.2 Å². The number of rotatable bonds is 6. The maximum absolute atomic E-state index is 12.0. The molecule has 0 aromatic heterocycles. The molecule has 0 saturated carbocycles. The number of hydrogen-bond acceptors (Lipinski definition) is 5. The van der Waals surface area contributed by atoms with Gasteiger partial charge < -0.3 is 19.7 Å². The molecule has 0 bridgehead atoms. The normalized spacial score (nSPS) is 18.0. The Balaban J connectivity index is 1.99. The first-order valence-electron chi connectivity index (χ1n) is 7.43. The van der Waals surface area contributed by atoms with Gasteiger partial charge in [0.15, 0.2) is 11.5 Å². The first-order valence-corrected chi connectivity index (χ1v) is 8.82. The van der Waals surface area contributed by atoms with Gasteiger partial charge in [0.25, 0.3) is 0 Å². The molecule has 0 spiro atoms. The lowest BCUT2D eigenvalue weighted by Gasteiger charge is -2.33. The van der Waals surface area contributed by atoms with E-state index in [0.29, 0.717) is 17.3 Å². The monoisotopic (exact) mass is 324 g/mol. The highest BCUT2D eigenvalue weighted by Crippen LogP contribution is 2.30. The third-order valence-electron chi connectivity index (χ3n) is 3.80. The van der Waals surface area contributed by atoms with E-state index in [4.69, 9.17) is 9.47 Å². The van der Waals surface area contributed by atoms with Crippen molar-refractivity contribution in [3.8, 4) is 11.5 Å². The number of nitrogens with zero attached hydrogens (tertiary/aromatic N) is 1. The van der Waals surface area contributed by atoms with Gasteiger partial charge in [0.1, 0.15) is 0 Å². The van der Waals surface area contributed by atoms with Crippen LogP contribution in [0.2, 0.25) is 0 Å². The van der Waals surface area contributed by atoms with E-state index < -0.39 is 0 Å². The number of carbonyl (C=O) groups excluding carboxylic acids is 1. The lowest BCUT2D eigenvalue weighted by atomic mass is 10.1. The zero-order valence-corrected chi connectivity index (χ0v) is 14.2. The Kier molecular flexibility index (Phi) is 6.24. The van der Waals surface area contributed by atoms with Gasteiger partial charge in [-0.3, -0.25) is 4.79 Å². The number of ether oxygens (including phenoxy) is 2. The number of benzene rings is 1. The van der Waals surface area contributed by atoms with Crippen molar-refractivity contribution in [1.29, 1.82) is 0 Å². The number of hydrogen-bond donors (Lipinski definition) is 1. The van der Waals surface area contributed by atoms with Gasteiger partial charge in [0.2, 0.25) is 5.91 Å². The van der Waals surface area contributed by atoms with Crippen molar-refractivity contribution in [2.24, 2.45) is 0 Å². The van der Waals surface area contributed by atoms with E-state index in [9.17, 15) is 4.79 Å². The molecule has 1 aromatic rings. The van der Waals surface area contributed by atoms with Crippen LogP contribution in [-0.2, 0) is 4.79 Å². The SMILES string of the molecule is COc1ccc(N[C@@H]2CCCN(C(=O)CSC)C2)cc1OC. The lowest BCUT2D eigenvalue weighted by Crippen LogP contribution is -2.45. The number of thioether (sulfide) groups is 1. The molecule has 1 heterocycles. The van der Waals surface area contributed by atoms with Gasteiger partial charge in [0.05, 0.1) is 20.0 Å². The molecule has 0 aliphatic carbocycles. The average Bonchev–Trinajstić information content (AvgIpc) is 2.55. The Bertz CT molecular complexity index is 510. The summed E-state index contributed by atoms with van der Waals surface area (Å²) >= 11 is 1.58. The number of anilines is 1. The predicted octanol–water partition coefficient (Wildman–Crippen LogP) is 2.47. The summed E-state index contributed by atoms with van der Waals surface area (Å²) in [4.78, 5) is 14.0. The van der Waals surface area contributed by atoms with Crippen LogP contribution in [0.4, 0.5) is 5.69 Å². The minimum absolute atomic E-state index is 0.228. The van der Waals surface area contributed by atoms with Crippen LogP contribution in [0.25, 0.3) is 0 Å². The molecule has 1 fully saturated rings. The maximum Gasteiger partial charge on any atom is 0.232 e. The van der Waals surface area contributed by atoms with Crippen LogP contribution in [-0.4, -0.2) is 56.2 Å². The Hall–Kier alpha value is -1.56. The van der Waals surface area contributed by atoms with E-state index in [1.54, 1.807) is 26.0 Å². The first kappa shape index (κ1) is 16.8. The fourth-order valence-corrected chi connectivity index (χ4v) is 3.13. The van der Waals surface area contributed by atoms with Crippen LogP contribution in [0, 0.1) is 0 Å². The molecule has 1 N–H and O–H groups in total. The Morgan fingerprint density at radius 2 is 2.14 bits per heavy atom. The van der Waals surface area contributed by atoms with Gasteiger partial charge in [-0.1, -0.05) is 0 Å². The molecule has 122 valence electrons. The van der Waals surface area contributed by atoms with Gasteiger partial charge in [0, 0.05) is 30.9 Å². The summed E-state index contributed by atoms with van der Waals surface area (Å²) in [6.07, 6.45) is 4.06. The van der Waals surface area contributed by atoms with E-state index in [0.717, 1.165) is 31.6 Å². The van der Waals surface area contributed by atoms with Crippen LogP contribution in [0.15, 0.2) is 18.2 Å². The van der Waals surface area contributed by atoms with Crippen molar-refractivity contribution in [1.82, 2.24) is 4.90 Å². The summed E-state index contributed by atoms with van der Waals surface area (Å²) in [5.41, 5.74) is 0.988. The zero-order valence-electron chi connectivity index (χ0n) is 13.4. The van der Waals surface area contributed by atoms with Crippen LogP contribution < -0.4 is 14.8 Å². The molecule has 5 nitrogen and oxygen atoms in total. The van der Waals surface area contributed by atoms with E-state index in [1.807, 2.05) is 29.4 Å². The van der Waals surface area contributed by atoms with Crippen molar-refractivity contribution in [3.63, 3.8) is 0 Å². The molecule has 1 amide bonds. The predicted molar refractivity (Wildman–Crippen MR) is 91.2 cm³/mol. The average molecular weight is 324 g/mol.